The minimum atomic E-state index is 0.549. The van der Waals surface area contributed by atoms with Crippen LogP contribution >= 0.6 is 0 Å². The lowest BCUT2D eigenvalue weighted by Gasteiger charge is -2.08. The Labute approximate surface area is 123 Å². The molecule has 0 fully saturated rings. The number of hydrogen-bond donors (Lipinski definition) is 0. The predicted molar refractivity (Wildman–Crippen MR) is 79.3 cm³/mol. The molecule has 0 aliphatic carbocycles. The van der Waals surface area contributed by atoms with E-state index in [1.54, 1.807) is 12.4 Å². The smallest absolute Gasteiger partial charge is 0.163 e. The highest BCUT2D eigenvalue weighted by molar-refractivity contribution is 5.34. The van der Waals surface area contributed by atoms with Crippen molar-refractivity contribution >= 4 is 0 Å². The van der Waals surface area contributed by atoms with E-state index >= 15 is 0 Å². The average Bonchev–Trinajstić information content (AvgIpc) is 2.56. The first-order valence-corrected chi connectivity index (χ1v) is 6.60. The molecule has 1 aromatic heterocycles. The van der Waals surface area contributed by atoms with Crippen LogP contribution in [-0.2, 0) is 6.61 Å². The zero-order valence-corrected chi connectivity index (χ0v) is 11.3. The summed E-state index contributed by atoms with van der Waals surface area (Å²) in [5.74, 6) is 2.13. The van der Waals surface area contributed by atoms with Crippen LogP contribution in [0.3, 0.4) is 0 Å². The summed E-state index contributed by atoms with van der Waals surface area (Å²) >= 11 is 0. The standard InChI is InChI=1S/C17H14N2O2/c1-2-4-14(5-3-1)12-20-15-6-8-16(9-7-15)21-17-10-18-13-19-11-17/h1-11,13H,12H2. The normalized spacial score (nSPS) is 10.1. The lowest BCUT2D eigenvalue weighted by molar-refractivity contribution is 0.306. The molecule has 0 aliphatic heterocycles. The summed E-state index contributed by atoms with van der Waals surface area (Å²) in [7, 11) is 0. The van der Waals surface area contributed by atoms with Crippen LogP contribution in [0.1, 0.15) is 5.56 Å². The van der Waals surface area contributed by atoms with Gasteiger partial charge in [-0.15, -0.1) is 0 Å². The van der Waals surface area contributed by atoms with Gasteiger partial charge >= 0.3 is 0 Å². The maximum absolute atomic E-state index is 5.72. The third-order valence-corrected chi connectivity index (χ3v) is 2.84. The van der Waals surface area contributed by atoms with Gasteiger partial charge in [-0.05, 0) is 29.8 Å². The summed E-state index contributed by atoms with van der Waals surface area (Å²) in [6.45, 7) is 0.549. The number of rotatable bonds is 5. The summed E-state index contributed by atoms with van der Waals surface area (Å²) in [6, 6.07) is 17.5. The molecule has 0 spiro atoms. The summed E-state index contributed by atoms with van der Waals surface area (Å²) < 4.78 is 11.3. The van der Waals surface area contributed by atoms with Crippen LogP contribution in [0.15, 0.2) is 73.3 Å². The molecule has 0 radical (unpaired) electrons. The van der Waals surface area contributed by atoms with Crippen molar-refractivity contribution in [2.75, 3.05) is 0 Å². The van der Waals surface area contributed by atoms with Gasteiger partial charge in [0.15, 0.2) is 5.75 Å². The highest BCUT2D eigenvalue weighted by Crippen LogP contribution is 2.23. The van der Waals surface area contributed by atoms with E-state index in [9.17, 15) is 0 Å². The minimum Gasteiger partial charge on any atom is -0.489 e. The molecule has 21 heavy (non-hydrogen) atoms. The Bertz CT molecular complexity index is 670. The van der Waals surface area contributed by atoms with Crippen molar-refractivity contribution in [2.24, 2.45) is 0 Å². The molecule has 4 nitrogen and oxygen atoms in total. The van der Waals surface area contributed by atoms with Crippen LogP contribution in [0.2, 0.25) is 0 Å². The van der Waals surface area contributed by atoms with Crippen LogP contribution in [0.5, 0.6) is 17.2 Å². The number of ether oxygens (including phenoxy) is 2. The zero-order chi connectivity index (χ0) is 14.3. The van der Waals surface area contributed by atoms with Crippen molar-refractivity contribution < 1.29 is 9.47 Å². The van der Waals surface area contributed by atoms with Crippen molar-refractivity contribution in [1.82, 2.24) is 9.97 Å². The van der Waals surface area contributed by atoms with Gasteiger partial charge in [0.25, 0.3) is 0 Å². The Hall–Kier alpha value is -2.88. The maximum Gasteiger partial charge on any atom is 0.163 e. The van der Waals surface area contributed by atoms with Crippen molar-refractivity contribution in [2.45, 2.75) is 6.61 Å². The molecule has 0 N–H and O–H groups in total. The molecule has 0 unspecified atom stereocenters. The molecule has 1 heterocycles. The highest BCUT2D eigenvalue weighted by atomic mass is 16.5. The van der Waals surface area contributed by atoms with E-state index in [2.05, 4.69) is 9.97 Å². The lowest BCUT2D eigenvalue weighted by atomic mass is 10.2. The molecule has 0 saturated carbocycles. The Balaban J connectivity index is 1.59. The van der Waals surface area contributed by atoms with Gasteiger partial charge in [0, 0.05) is 0 Å². The van der Waals surface area contributed by atoms with Gasteiger partial charge in [0.2, 0.25) is 0 Å². The van der Waals surface area contributed by atoms with Crippen molar-refractivity contribution in [3.05, 3.63) is 78.9 Å². The largest absolute Gasteiger partial charge is 0.489 e. The van der Waals surface area contributed by atoms with Gasteiger partial charge in [0.05, 0.1) is 12.4 Å². The van der Waals surface area contributed by atoms with Gasteiger partial charge in [-0.2, -0.15) is 0 Å². The van der Waals surface area contributed by atoms with Crippen LogP contribution in [0, 0.1) is 0 Å². The van der Waals surface area contributed by atoms with Crippen LogP contribution < -0.4 is 9.47 Å². The molecule has 0 amide bonds. The van der Waals surface area contributed by atoms with Crippen molar-refractivity contribution in [3.8, 4) is 17.2 Å². The minimum absolute atomic E-state index is 0.549. The molecule has 4 heteroatoms. The molecule has 0 saturated heterocycles. The van der Waals surface area contributed by atoms with E-state index in [1.807, 2.05) is 54.6 Å². The molecule has 3 aromatic rings. The molecule has 2 aromatic carbocycles. The van der Waals surface area contributed by atoms with Crippen molar-refractivity contribution in [1.29, 1.82) is 0 Å². The Kier molecular flexibility index (Phi) is 4.07. The Morgan fingerprint density at radius 3 is 2.10 bits per heavy atom. The van der Waals surface area contributed by atoms with E-state index in [1.165, 1.54) is 6.33 Å². The quantitative estimate of drug-likeness (QED) is 0.711. The summed E-state index contributed by atoms with van der Waals surface area (Å²) in [5.41, 5.74) is 1.14. The second kappa shape index (κ2) is 6.52. The molecule has 0 aliphatic rings. The van der Waals surface area contributed by atoms with Crippen LogP contribution in [0.25, 0.3) is 0 Å². The van der Waals surface area contributed by atoms with E-state index in [4.69, 9.17) is 9.47 Å². The lowest BCUT2D eigenvalue weighted by Crippen LogP contribution is -1.94. The predicted octanol–water partition coefficient (Wildman–Crippen LogP) is 3.85. The molecule has 3 rings (SSSR count). The fourth-order valence-electron chi connectivity index (χ4n) is 1.82. The van der Waals surface area contributed by atoms with Gasteiger partial charge in [0.1, 0.15) is 24.4 Å². The topological polar surface area (TPSA) is 44.2 Å². The number of benzene rings is 2. The maximum atomic E-state index is 5.72. The Morgan fingerprint density at radius 2 is 1.38 bits per heavy atom. The number of nitrogens with zero attached hydrogens (tertiary/aromatic N) is 2. The zero-order valence-electron chi connectivity index (χ0n) is 11.3. The first-order chi connectivity index (χ1) is 10.4. The number of hydrogen-bond acceptors (Lipinski definition) is 4. The monoisotopic (exact) mass is 278 g/mol. The van der Waals surface area contributed by atoms with E-state index in [0.717, 1.165) is 17.1 Å². The SMILES string of the molecule is c1ccc(COc2ccc(Oc3cncnc3)cc2)cc1. The van der Waals surface area contributed by atoms with Gasteiger partial charge in [-0.25, -0.2) is 9.97 Å². The van der Waals surface area contributed by atoms with Gasteiger partial charge < -0.3 is 9.47 Å². The average molecular weight is 278 g/mol. The molecule has 0 bridgehead atoms. The van der Waals surface area contributed by atoms with E-state index in [-0.39, 0.29) is 0 Å². The van der Waals surface area contributed by atoms with Gasteiger partial charge in [-0.3, -0.25) is 0 Å². The summed E-state index contributed by atoms with van der Waals surface area (Å²) in [5, 5.41) is 0. The van der Waals surface area contributed by atoms with Crippen LogP contribution in [-0.4, -0.2) is 9.97 Å². The fourth-order valence-corrected chi connectivity index (χ4v) is 1.82. The fraction of sp³-hybridized carbons (Fsp3) is 0.0588. The summed E-state index contributed by atoms with van der Waals surface area (Å²) in [6.07, 6.45) is 4.70. The number of aromatic nitrogens is 2. The molecule has 104 valence electrons. The third-order valence-electron chi connectivity index (χ3n) is 2.84. The molecular weight excluding hydrogens is 264 g/mol. The highest BCUT2D eigenvalue weighted by Gasteiger charge is 1.99. The first-order valence-electron chi connectivity index (χ1n) is 6.60. The van der Waals surface area contributed by atoms with E-state index < -0.39 is 0 Å². The second-order valence-corrected chi connectivity index (χ2v) is 4.42. The second-order valence-electron chi connectivity index (χ2n) is 4.42. The molecule has 0 atom stereocenters. The van der Waals surface area contributed by atoms with Gasteiger partial charge in [-0.1, -0.05) is 30.3 Å². The summed E-state index contributed by atoms with van der Waals surface area (Å²) in [4.78, 5) is 7.80. The molecular formula is C17H14N2O2. The third kappa shape index (κ3) is 3.79. The van der Waals surface area contributed by atoms with Crippen LogP contribution in [0.4, 0.5) is 0 Å². The first kappa shape index (κ1) is 13.1. The Morgan fingerprint density at radius 1 is 0.714 bits per heavy atom. The van der Waals surface area contributed by atoms with Crippen molar-refractivity contribution in [3.63, 3.8) is 0 Å². The van der Waals surface area contributed by atoms with E-state index in [0.29, 0.717) is 12.4 Å².